The maximum Gasteiger partial charge on any atom is 0.323 e. The van der Waals surface area contributed by atoms with E-state index < -0.39 is 9.84 Å². The molecule has 160 valence electrons. The molecule has 28 heavy (non-hydrogen) atoms. The highest BCUT2D eigenvalue weighted by atomic mass is 32.2. The first kappa shape index (κ1) is 22.9. The van der Waals surface area contributed by atoms with E-state index in [1.165, 1.54) is 7.11 Å². The number of unbranched alkanes of at least 4 members (excludes halogenated alkanes) is 1. The highest BCUT2D eigenvalue weighted by Crippen LogP contribution is 2.23. The molecule has 1 aromatic heterocycles. The third-order valence-corrected chi connectivity index (χ3v) is 7.02. The summed E-state index contributed by atoms with van der Waals surface area (Å²) in [6.45, 7) is 8.22. The number of nitrogens with zero attached hydrogens (tertiary/aromatic N) is 3. The Bertz CT molecular complexity index is 743. The van der Waals surface area contributed by atoms with E-state index in [2.05, 4.69) is 30.7 Å². The van der Waals surface area contributed by atoms with Crippen molar-refractivity contribution >= 4 is 15.8 Å². The van der Waals surface area contributed by atoms with E-state index in [0.29, 0.717) is 25.4 Å². The van der Waals surface area contributed by atoms with Gasteiger partial charge in [0.25, 0.3) is 0 Å². The maximum absolute atomic E-state index is 12.9. The van der Waals surface area contributed by atoms with Crippen LogP contribution >= 0.6 is 0 Å². The van der Waals surface area contributed by atoms with Gasteiger partial charge in [-0.15, -0.1) is 0 Å². The van der Waals surface area contributed by atoms with E-state index in [4.69, 9.17) is 4.74 Å². The lowest BCUT2D eigenvalue weighted by molar-refractivity contribution is -0.146. The van der Waals surface area contributed by atoms with Gasteiger partial charge in [0.15, 0.2) is 0 Å². The van der Waals surface area contributed by atoms with E-state index in [1.807, 2.05) is 4.57 Å². The molecule has 1 aliphatic heterocycles. The SMILES string of the molecule is CCCCn1c(CN2CCC[C@H]2C(=O)OC)cnc1S(=O)(=O)CCCC(C)C. The van der Waals surface area contributed by atoms with E-state index in [-0.39, 0.29) is 22.9 Å². The van der Waals surface area contributed by atoms with Gasteiger partial charge in [0.2, 0.25) is 15.0 Å². The van der Waals surface area contributed by atoms with Gasteiger partial charge in [-0.25, -0.2) is 13.4 Å². The lowest BCUT2D eigenvalue weighted by atomic mass is 10.1. The molecular formula is C20H35N3O4S. The molecular weight excluding hydrogens is 378 g/mol. The van der Waals surface area contributed by atoms with E-state index >= 15 is 0 Å². The Morgan fingerprint density at radius 1 is 1.36 bits per heavy atom. The lowest BCUT2D eigenvalue weighted by Gasteiger charge is -2.23. The molecule has 0 bridgehead atoms. The fourth-order valence-corrected chi connectivity index (χ4v) is 5.21. The number of likely N-dealkylation sites (tertiary alicyclic amines) is 1. The average molecular weight is 414 g/mol. The Labute approximate surface area is 169 Å². The molecule has 7 nitrogen and oxygen atoms in total. The minimum absolute atomic E-state index is 0.127. The first-order valence-corrected chi connectivity index (χ1v) is 12.0. The van der Waals surface area contributed by atoms with E-state index in [0.717, 1.165) is 44.3 Å². The second-order valence-electron chi connectivity index (χ2n) is 8.04. The van der Waals surface area contributed by atoms with Gasteiger partial charge in [-0.05, 0) is 44.6 Å². The zero-order valence-electron chi connectivity index (χ0n) is 17.7. The second-order valence-corrected chi connectivity index (χ2v) is 10.0. The summed E-state index contributed by atoms with van der Waals surface area (Å²) < 4.78 is 32.6. The number of sulfone groups is 1. The number of methoxy groups -OCH3 is 1. The van der Waals surface area contributed by atoms with Crippen LogP contribution in [-0.4, -0.2) is 54.3 Å². The first-order chi connectivity index (χ1) is 13.3. The van der Waals surface area contributed by atoms with Crippen molar-refractivity contribution in [3.05, 3.63) is 11.9 Å². The Morgan fingerprint density at radius 2 is 2.11 bits per heavy atom. The highest BCUT2D eigenvalue weighted by molar-refractivity contribution is 7.91. The predicted octanol–water partition coefficient (Wildman–Crippen LogP) is 3.03. The minimum atomic E-state index is -3.42. The molecule has 1 aliphatic rings. The number of carbonyl (C=O) groups is 1. The Hall–Kier alpha value is -1.41. The number of ether oxygens (including phenoxy) is 1. The standard InChI is InChI=1S/C20H35N3O4S/c1-5-6-12-23-17(15-22-11-7-10-18(22)19(24)27-4)14-21-20(23)28(25,26)13-8-9-16(2)3/h14,16,18H,5-13,15H2,1-4H3/t18-/m0/s1. The van der Waals surface area contributed by atoms with Crippen molar-refractivity contribution < 1.29 is 17.9 Å². The molecule has 1 saturated heterocycles. The molecule has 1 aromatic rings. The topological polar surface area (TPSA) is 81.5 Å². The summed E-state index contributed by atoms with van der Waals surface area (Å²) in [7, 11) is -2.01. The van der Waals surface area contributed by atoms with Gasteiger partial charge >= 0.3 is 5.97 Å². The largest absolute Gasteiger partial charge is 0.468 e. The molecule has 0 unspecified atom stereocenters. The highest BCUT2D eigenvalue weighted by Gasteiger charge is 2.33. The number of aromatic nitrogens is 2. The molecule has 0 aromatic carbocycles. The maximum atomic E-state index is 12.9. The fraction of sp³-hybridized carbons (Fsp3) is 0.800. The van der Waals surface area contributed by atoms with Crippen molar-refractivity contribution in [2.45, 2.75) is 83.6 Å². The number of imidazole rings is 1. The van der Waals surface area contributed by atoms with Gasteiger partial charge in [0, 0.05) is 13.1 Å². The molecule has 2 rings (SSSR count). The molecule has 1 atom stereocenters. The predicted molar refractivity (Wildman–Crippen MR) is 109 cm³/mol. The van der Waals surface area contributed by atoms with Crippen molar-refractivity contribution in [2.24, 2.45) is 5.92 Å². The Balaban J connectivity index is 2.22. The van der Waals surface area contributed by atoms with E-state index in [9.17, 15) is 13.2 Å². The quantitative estimate of drug-likeness (QED) is 0.519. The summed E-state index contributed by atoms with van der Waals surface area (Å²) in [5, 5.41) is 0.175. The zero-order chi connectivity index (χ0) is 20.7. The van der Waals surface area contributed by atoms with Crippen molar-refractivity contribution in [1.82, 2.24) is 14.5 Å². The Kier molecular flexibility index (Phi) is 8.49. The van der Waals surface area contributed by atoms with Crippen LogP contribution in [0, 0.1) is 5.92 Å². The van der Waals surface area contributed by atoms with Crippen LogP contribution in [-0.2, 0) is 32.5 Å². The van der Waals surface area contributed by atoms with Crippen molar-refractivity contribution in [3.63, 3.8) is 0 Å². The van der Waals surface area contributed by atoms with Gasteiger partial charge in [0.05, 0.1) is 24.8 Å². The molecule has 0 spiro atoms. The Morgan fingerprint density at radius 3 is 2.75 bits per heavy atom. The smallest absolute Gasteiger partial charge is 0.323 e. The zero-order valence-corrected chi connectivity index (χ0v) is 18.5. The van der Waals surface area contributed by atoms with Gasteiger partial charge in [0.1, 0.15) is 6.04 Å². The third kappa shape index (κ3) is 5.80. The van der Waals surface area contributed by atoms with Crippen LogP contribution in [0.1, 0.15) is 65.0 Å². The summed E-state index contributed by atoms with van der Waals surface area (Å²) in [5.41, 5.74) is 0.853. The molecule has 8 heteroatoms. The van der Waals surface area contributed by atoms with Crippen molar-refractivity contribution in [3.8, 4) is 0 Å². The van der Waals surface area contributed by atoms with Crippen molar-refractivity contribution in [2.75, 3.05) is 19.4 Å². The minimum Gasteiger partial charge on any atom is -0.468 e. The van der Waals surface area contributed by atoms with Gasteiger partial charge < -0.3 is 9.30 Å². The monoisotopic (exact) mass is 413 g/mol. The first-order valence-electron chi connectivity index (χ1n) is 10.4. The molecule has 1 fully saturated rings. The van der Waals surface area contributed by atoms with Crippen LogP contribution in [0.25, 0.3) is 0 Å². The van der Waals surface area contributed by atoms with Crippen LogP contribution < -0.4 is 0 Å². The van der Waals surface area contributed by atoms with Crippen LogP contribution in [0.15, 0.2) is 11.4 Å². The number of esters is 1. The summed E-state index contributed by atoms with van der Waals surface area (Å²) >= 11 is 0. The molecule has 2 heterocycles. The lowest BCUT2D eigenvalue weighted by Crippen LogP contribution is -2.37. The number of rotatable bonds is 11. The molecule has 0 radical (unpaired) electrons. The molecule has 0 amide bonds. The van der Waals surface area contributed by atoms with Gasteiger partial charge in [-0.1, -0.05) is 27.2 Å². The summed E-state index contributed by atoms with van der Waals surface area (Å²) in [5.74, 6) is 0.386. The molecule has 0 N–H and O–H groups in total. The number of carbonyl (C=O) groups excluding carboxylic acids is 1. The van der Waals surface area contributed by atoms with Crippen LogP contribution in [0.4, 0.5) is 0 Å². The summed E-state index contributed by atoms with van der Waals surface area (Å²) in [6, 6.07) is -0.259. The van der Waals surface area contributed by atoms with Gasteiger partial charge in [-0.2, -0.15) is 0 Å². The van der Waals surface area contributed by atoms with Crippen molar-refractivity contribution in [1.29, 1.82) is 0 Å². The van der Waals surface area contributed by atoms with Crippen LogP contribution in [0.2, 0.25) is 0 Å². The number of hydrogen-bond acceptors (Lipinski definition) is 6. The second kappa shape index (κ2) is 10.4. The van der Waals surface area contributed by atoms with Gasteiger partial charge in [-0.3, -0.25) is 9.69 Å². The summed E-state index contributed by atoms with van der Waals surface area (Å²) in [4.78, 5) is 18.4. The van der Waals surface area contributed by atoms with E-state index in [1.54, 1.807) is 6.20 Å². The fourth-order valence-electron chi connectivity index (χ4n) is 3.72. The van der Waals surface area contributed by atoms with Crippen LogP contribution in [0.5, 0.6) is 0 Å². The molecule has 0 aliphatic carbocycles. The average Bonchev–Trinajstić information content (AvgIpc) is 3.26. The summed E-state index contributed by atoms with van der Waals surface area (Å²) in [6.07, 6.45) is 6.76. The number of hydrogen-bond donors (Lipinski definition) is 0. The normalized spacial score (nSPS) is 18.1. The molecule has 0 saturated carbocycles. The van der Waals surface area contributed by atoms with Crippen LogP contribution in [0.3, 0.4) is 0 Å². The third-order valence-electron chi connectivity index (χ3n) is 5.31.